The van der Waals surface area contributed by atoms with Crippen molar-refractivity contribution in [3.05, 3.63) is 68.8 Å². The summed E-state index contributed by atoms with van der Waals surface area (Å²) in [7, 11) is 0. The molecule has 3 rings (SSSR count). The predicted octanol–water partition coefficient (Wildman–Crippen LogP) is 4.00. The zero-order valence-corrected chi connectivity index (χ0v) is 12.8. The van der Waals surface area contributed by atoms with E-state index in [-0.39, 0.29) is 4.87 Å². The van der Waals surface area contributed by atoms with Crippen LogP contribution in [0.4, 0.5) is 11.6 Å². The molecule has 0 atom stereocenters. The quantitative estimate of drug-likeness (QED) is 0.794. The molecule has 21 heavy (non-hydrogen) atoms. The van der Waals surface area contributed by atoms with Crippen molar-refractivity contribution in [3.63, 3.8) is 0 Å². The monoisotopic (exact) mass is 317 g/mol. The normalized spacial score (nSPS) is 10.6. The number of benzene rings is 2. The number of nitrogens with one attached hydrogen (secondary N) is 1. The summed E-state index contributed by atoms with van der Waals surface area (Å²) in [4.78, 5) is 11.9. The topological polar surface area (TPSA) is 46.9 Å². The van der Waals surface area contributed by atoms with Gasteiger partial charge in [-0.2, -0.15) is 4.37 Å². The van der Waals surface area contributed by atoms with Crippen LogP contribution in [0.25, 0.3) is 5.69 Å². The minimum atomic E-state index is -0.182. The third kappa shape index (κ3) is 2.84. The molecule has 3 aromatic rings. The molecule has 0 aliphatic carbocycles. The van der Waals surface area contributed by atoms with Gasteiger partial charge in [0.05, 0.1) is 10.7 Å². The SMILES string of the molecule is Cc1cccc(Nc2nsc(=O)n2-c2ccccc2Cl)c1. The molecule has 0 aliphatic heterocycles. The molecule has 6 heteroatoms. The second-order valence-corrected chi connectivity index (χ2v) is 5.67. The van der Waals surface area contributed by atoms with Crippen LogP contribution in [-0.2, 0) is 0 Å². The minimum absolute atomic E-state index is 0.182. The average Bonchev–Trinajstić information content (AvgIpc) is 2.81. The molecule has 0 radical (unpaired) electrons. The van der Waals surface area contributed by atoms with E-state index in [4.69, 9.17) is 11.6 Å². The summed E-state index contributed by atoms with van der Waals surface area (Å²) in [5, 5.41) is 3.67. The van der Waals surface area contributed by atoms with Crippen molar-refractivity contribution in [2.24, 2.45) is 0 Å². The minimum Gasteiger partial charge on any atom is -0.324 e. The van der Waals surface area contributed by atoms with Gasteiger partial charge in [0.2, 0.25) is 5.95 Å². The smallest absolute Gasteiger partial charge is 0.324 e. The lowest BCUT2D eigenvalue weighted by molar-refractivity contribution is 1.03. The van der Waals surface area contributed by atoms with Crippen LogP contribution in [0.15, 0.2) is 53.3 Å². The number of aromatic nitrogens is 2. The molecule has 0 amide bonds. The summed E-state index contributed by atoms with van der Waals surface area (Å²) in [5.74, 6) is 0.462. The van der Waals surface area contributed by atoms with E-state index in [1.807, 2.05) is 43.3 Å². The number of halogens is 1. The van der Waals surface area contributed by atoms with E-state index in [9.17, 15) is 4.79 Å². The van der Waals surface area contributed by atoms with Crippen LogP contribution in [0.1, 0.15) is 5.56 Å². The Kier molecular flexibility index (Phi) is 3.77. The number of aryl methyl sites for hydroxylation is 1. The number of hydrogen-bond acceptors (Lipinski definition) is 4. The molecule has 0 saturated heterocycles. The van der Waals surface area contributed by atoms with Gasteiger partial charge in [0.15, 0.2) is 0 Å². The summed E-state index contributed by atoms with van der Waals surface area (Å²) in [6.45, 7) is 2.01. The molecule has 4 nitrogen and oxygen atoms in total. The number of anilines is 2. The first kappa shape index (κ1) is 13.9. The zero-order chi connectivity index (χ0) is 14.8. The van der Waals surface area contributed by atoms with Crippen molar-refractivity contribution >= 4 is 34.8 Å². The van der Waals surface area contributed by atoms with Crippen molar-refractivity contribution < 1.29 is 0 Å². The summed E-state index contributed by atoms with van der Waals surface area (Å²) in [6, 6.07) is 15.1. The zero-order valence-electron chi connectivity index (χ0n) is 11.2. The van der Waals surface area contributed by atoms with E-state index < -0.39 is 0 Å². The molecule has 0 unspecified atom stereocenters. The largest absolute Gasteiger partial charge is 0.332 e. The highest BCUT2D eigenvalue weighted by Crippen LogP contribution is 2.23. The van der Waals surface area contributed by atoms with Crippen LogP contribution >= 0.6 is 23.1 Å². The number of hydrogen-bond donors (Lipinski definition) is 1. The number of para-hydroxylation sites is 1. The first-order valence-electron chi connectivity index (χ1n) is 6.32. The van der Waals surface area contributed by atoms with E-state index in [0.717, 1.165) is 22.8 Å². The highest BCUT2D eigenvalue weighted by molar-refractivity contribution is 7.03. The van der Waals surface area contributed by atoms with Crippen molar-refractivity contribution in [1.82, 2.24) is 8.94 Å². The molecule has 1 aromatic heterocycles. The maximum atomic E-state index is 12.1. The third-order valence-electron chi connectivity index (χ3n) is 2.97. The molecule has 1 heterocycles. The van der Waals surface area contributed by atoms with Gasteiger partial charge < -0.3 is 5.32 Å². The summed E-state index contributed by atoms with van der Waals surface area (Å²) in [5.41, 5.74) is 2.62. The Bertz CT molecular complexity index is 841. The van der Waals surface area contributed by atoms with Crippen LogP contribution in [0.2, 0.25) is 5.02 Å². The van der Waals surface area contributed by atoms with Gasteiger partial charge in [-0.3, -0.25) is 4.79 Å². The lowest BCUT2D eigenvalue weighted by atomic mass is 10.2. The second-order valence-electron chi connectivity index (χ2n) is 4.55. The fourth-order valence-electron chi connectivity index (χ4n) is 2.03. The third-order valence-corrected chi connectivity index (χ3v) is 3.89. The Labute approximate surface area is 130 Å². The highest BCUT2D eigenvalue weighted by Gasteiger charge is 2.13. The fraction of sp³-hybridized carbons (Fsp3) is 0.0667. The molecule has 0 fully saturated rings. The van der Waals surface area contributed by atoms with Gasteiger partial charge in [0, 0.05) is 17.2 Å². The highest BCUT2D eigenvalue weighted by atomic mass is 35.5. The van der Waals surface area contributed by atoms with Gasteiger partial charge in [0.25, 0.3) is 0 Å². The molecule has 0 saturated carbocycles. The number of rotatable bonds is 3. The molecular formula is C15H12ClN3OS. The molecule has 106 valence electrons. The van der Waals surface area contributed by atoms with Gasteiger partial charge in [-0.1, -0.05) is 35.9 Å². The molecule has 0 aliphatic rings. The van der Waals surface area contributed by atoms with Gasteiger partial charge in [-0.25, -0.2) is 4.57 Å². The lowest BCUT2D eigenvalue weighted by Gasteiger charge is -2.10. The summed E-state index contributed by atoms with van der Waals surface area (Å²) >= 11 is 7.07. The Morgan fingerprint density at radius 1 is 1.19 bits per heavy atom. The molecule has 0 spiro atoms. The summed E-state index contributed by atoms with van der Waals surface area (Å²) in [6.07, 6.45) is 0. The maximum absolute atomic E-state index is 12.1. The van der Waals surface area contributed by atoms with Gasteiger partial charge in [-0.15, -0.1) is 0 Å². The van der Waals surface area contributed by atoms with Crippen LogP contribution in [-0.4, -0.2) is 8.94 Å². The predicted molar refractivity (Wildman–Crippen MR) is 87.2 cm³/mol. The molecule has 2 aromatic carbocycles. The van der Waals surface area contributed by atoms with E-state index in [1.165, 1.54) is 4.57 Å². The van der Waals surface area contributed by atoms with Crippen molar-refractivity contribution in [2.75, 3.05) is 5.32 Å². The Morgan fingerprint density at radius 3 is 2.76 bits per heavy atom. The summed E-state index contributed by atoms with van der Waals surface area (Å²) < 4.78 is 5.66. The van der Waals surface area contributed by atoms with E-state index in [2.05, 4.69) is 9.69 Å². The van der Waals surface area contributed by atoms with Crippen molar-refractivity contribution in [1.29, 1.82) is 0 Å². The molecule has 0 bridgehead atoms. The first-order valence-corrected chi connectivity index (χ1v) is 7.47. The fourth-order valence-corrected chi connectivity index (χ4v) is 2.81. The van der Waals surface area contributed by atoms with Crippen molar-refractivity contribution in [3.8, 4) is 5.69 Å². The first-order chi connectivity index (χ1) is 10.1. The Balaban J connectivity index is 2.06. The molecule has 1 N–H and O–H groups in total. The van der Waals surface area contributed by atoms with Crippen LogP contribution in [0, 0.1) is 6.92 Å². The molecular weight excluding hydrogens is 306 g/mol. The van der Waals surface area contributed by atoms with E-state index in [0.29, 0.717) is 16.7 Å². The maximum Gasteiger partial charge on any atom is 0.332 e. The van der Waals surface area contributed by atoms with E-state index in [1.54, 1.807) is 12.1 Å². The van der Waals surface area contributed by atoms with Crippen LogP contribution in [0.3, 0.4) is 0 Å². The van der Waals surface area contributed by atoms with Crippen LogP contribution < -0.4 is 10.2 Å². The number of nitrogens with zero attached hydrogens (tertiary/aromatic N) is 2. The Hall–Kier alpha value is -2.11. The van der Waals surface area contributed by atoms with E-state index >= 15 is 0 Å². The van der Waals surface area contributed by atoms with Crippen molar-refractivity contribution in [2.45, 2.75) is 6.92 Å². The standard InChI is InChI=1S/C15H12ClN3OS/c1-10-5-4-6-11(9-10)17-14-18-21-15(20)19(14)13-8-3-2-7-12(13)16/h2-9H,1H3,(H,17,18). The lowest BCUT2D eigenvalue weighted by Crippen LogP contribution is -2.13. The van der Waals surface area contributed by atoms with Gasteiger partial charge in [-0.05, 0) is 36.8 Å². The second kappa shape index (κ2) is 5.71. The van der Waals surface area contributed by atoms with Gasteiger partial charge in [0.1, 0.15) is 0 Å². The average molecular weight is 318 g/mol. The Morgan fingerprint density at radius 2 is 2.00 bits per heavy atom. The van der Waals surface area contributed by atoms with Gasteiger partial charge >= 0.3 is 4.87 Å². The van der Waals surface area contributed by atoms with Crippen LogP contribution in [0.5, 0.6) is 0 Å².